The quantitative estimate of drug-likeness (QED) is 0.557. The van der Waals surface area contributed by atoms with Gasteiger partial charge in [0.05, 0.1) is 11.3 Å². The molecule has 1 aromatic carbocycles. The summed E-state index contributed by atoms with van der Waals surface area (Å²) in [5.74, 6) is 1.01. The number of hydrogen-bond acceptors (Lipinski definition) is 7. The van der Waals surface area contributed by atoms with Crippen molar-refractivity contribution in [3.05, 3.63) is 41.1 Å². The third-order valence-corrected chi connectivity index (χ3v) is 4.90. The van der Waals surface area contributed by atoms with Crippen LogP contribution < -0.4 is 21.7 Å². The number of carbonyl (C=O) groups excluding carboxylic acids is 1. The highest BCUT2D eigenvalue weighted by Crippen LogP contribution is 2.25. The van der Waals surface area contributed by atoms with Crippen molar-refractivity contribution >= 4 is 23.7 Å². The largest absolute Gasteiger partial charge is 0.350 e. The van der Waals surface area contributed by atoms with Gasteiger partial charge >= 0.3 is 0 Å². The van der Waals surface area contributed by atoms with Crippen LogP contribution in [0.15, 0.2) is 24.3 Å². The van der Waals surface area contributed by atoms with Gasteiger partial charge in [0.2, 0.25) is 5.95 Å². The van der Waals surface area contributed by atoms with Crippen LogP contribution in [0.5, 0.6) is 0 Å². The van der Waals surface area contributed by atoms with Crippen molar-refractivity contribution in [2.24, 2.45) is 5.73 Å². The molecule has 1 fully saturated rings. The molecule has 0 spiro atoms. The summed E-state index contributed by atoms with van der Waals surface area (Å²) in [6.45, 7) is 2.50. The molecule has 1 heterocycles. The van der Waals surface area contributed by atoms with Crippen molar-refractivity contribution in [1.29, 1.82) is 0 Å². The molecule has 2 aromatic rings. The van der Waals surface area contributed by atoms with Crippen LogP contribution in [0.1, 0.15) is 47.3 Å². The van der Waals surface area contributed by atoms with E-state index in [2.05, 4.69) is 25.9 Å². The van der Waals surface area contributed by atoms with Gasteiger partial charge in [-0.15, -0.1) is 0 Å². The molecule has 1 aliphatic carbocycles. The second kappa shape index (κ2) is 8.92. The molecule has 27 heavy (non-hydrogen) atoms. The lowest BCUT2D eigenvalue weighted by Crippen LogP contribution is -2.43. The zero-order valence-corrected chi connectivity index (χ0v) is 16.0. The predicted molar refractivity (Wildman–Crippen MR) is 108 cm³/mol. The number of rotatable bonds is 7. The van der Waals surface area contributed by atoms with E-state index in [9.17, 15) is 4.79 Å². The summed E-state index contributed by atoms with van der Waals surface area (Å²) >= 11 is 0. The van der Waals surface area contributed by atoms with Crippen molar-refractivity contribution in [3.8, 4) is 0 Å². The van der Waals surface area contributed by atoms with E-state index in [1.54, 1.807) is 0 Å². The normalized spacial score (nSPS) is 19.5. The van der Waals surface area contributed by atoms with Gasteiger partial charge in [0.1, 0.15) is 5.82 Å². The number of nitrogens with one attached hydrogen (secondary N) is 3. The third-order valence-electron chi connectivity index (χ3n) is 4.90. The van der Waals surface area contributed by atoms with Crippen molar-refractivity contribution in [2.75, 3.05) is 17.7 Å². The molecule has 7 nitrogen and oxygen atoms in total. The first-order chi connectivity index (χ1) is 13.1. The highest BCUT2D eigenvalue weighted by molar-refractivity contribution is 5.86. The van der Waals surface area contributed by atoms with Gasteiger partial charge in [0.15, 0.2) is 6.29 Å². The number of aromatic nitrogens is 2. The Morgan fingerprint density at radius 2 is 2.07 bits per heavy atom. The zero-order valence-electron chi connectivity index (χ0n) is 16.0. The number of hydrogen-bond donors (Lipinski definition) is 4. The maximum atomic E-state index is 11.7. The van der Waals surface area contributed by atoms with Crippen LogP contribution >= 0.6 is 0 Å². The minimum atomic E-state index is 0.0917. The molecule has 0 radical (unpaired) electrons. The lowest BCUT2D eigenvalue weighted by atomic mass is 9.91. The number of nitrogens with zero attached hydrogens (tertiary/aromatic N) is 2. The molecule has 0 amide bonds. The van der Waals surface area contributed by atoms with E-state index in [0.717, 1.165) is 43.2 Å². The van der Waals surface area contributed by atoms with Crippen LogP contribution in [-0.2, 0) is 6.54 Å². The third kappa shape index (κ3) is 4.81. The summed E-state index contributed by atoms with van der Waals surface area (Å²) in [7, 11) is 1.83. The van der Waals surface area contributed by atoms with Crippen LogP contribution in [0.25, 0.3) is 0 Å². The van der Waals surface area contributed by atoms with Crippen LogP contribution in [0.2, 0.25) is 0 Å². The molecule has 1 aromatic heterocycles. The van der Waals surface area contributed by atoms with Gasteiger partial charge < -0.3 is 21.7 Å². The van der Waals surface area contributed by atoms with Gasteiger partial charge in [-0.25, -0.2) is 4.98 Å². The van der Waals surface area contributed by atoms with Gasteiger partial charge in [-0.1, -0.05) is 25.0 Å². The van der Waals surface area contributed by atoms with Gasteiger partial charge in [-0.05, 0) is 44.5 Å². The summed E-state index contributed by atoms with van der Waals surface area (Å²) in [6.07, 6.45) is 5.12. The number of carbonyl (C=O) groups is 1. The van der Waals surface area contributed by atoms with E-state index in [1.807, 2.05) is 38.2 Å². The van der Waals surface area contributed by atoms with Crippen LogP contribution in [0.3, 0.4) is 0 Å². The summed E-state index contributed by atoms with van der Waals surface area (Å²) in [5.41, 5.74) is 9.39. The molecule has 1 aliphatic rings. The maximum Gasteiger partial charge on any atom is 0.225 e. The molecule has 2 atom stereocenters. The second-order valence-corrected chi connectivity index (χ2v) is 7.10. The Balaban J connectivity index is 1.93. The fourth-order valence-corrected chi connectivity index (χ4v) is 3.47. The number of aryl methyl sites for hydroxylation is 1. The lowest BCUT2D eigenvalue weighted by molar-refractivity contribution is 0.112. The van der Waals surface area contributed by atoms with E-state index in [4.69, 9.17) is 5.73 Å². The first-order valence-electron chi connectivity index (χ1n) is 9.47. The van der Waals surface area contributed by atoms with Gasteiger partial charge in [-0.3, -0.25) is 4.79 Å². The Morgan fingerprint density at radius 1 is 1.26 bits per heavy atom. The first kappa shape index (κ1) is 19.3. The van der Waals surface area contributed by atoms with Gasteiger partial charge in [0.25, 0.3) is 0 Å². The molecule has 7 heteroatoms. The molecule has 144 valence electrons. The highest BCUT2D eigenvalue weighted by Gasteiger charge is 2.23. The summed E-state index contributed by atoms with van der Waals surface area (Å²) in [6, 6.07) is 8.19. The summed E-state index contributed by atoms with van der Waals surface area (Å²) in [5, 5.41) is 9.73. The Labute approximate surface area is 160 Å². The number of aldehydes is 1. The number of anilines is 3. The fraction of sp³-hybridized carbons (Fsp3) is 0.450. The van der Waals surface area contributed by atoms with E-state index in [-0.39, 0.29) is 12.1 Å². The van der Waals surface area contributed by atoms with E-state index in [0.29, 0.717) is 29.6 Å². The maximum absolute atomic E-state index is 11.7. The molecule has 0 unspecified atom stereocenters. The molecular formula is C20H28N6O. The topological polar surface area (TPSA) is 105 Å². The highest BCUT2D eigenvalue weighted by atomic mass is 16.1. The standard InChI is InChI=1S/C20H28N6O/c1-13-6-5-7-14(10-13)23-19-15(12-27)18(11-22-2)25-20(26-19)24-17-9-4-3-8-16(17)21/h5-7,10,12,16-17,22H,3-4,8-9,11,21H2,1-2H3,(H2,23,24,25,26)/t16-,17+/m0/s1. The van der Waals surface area contributed by atoms with Gasteiger partial charge in [-0.2, -0.15) is 4.98 Å². The van der Waals surface area contributed by atoms with E-state index < -0.39 is 0 Å². The molecule has 0 aliphatic heterocycles. The average molecular weight is 368 g/mol. The van der Waals surface area contributed by atoms with Gasteiger partial charge in [0, 0.05) is 24.3 Å². The smallest absolute Gasteiger partial charge is 0.225 e. The Bertz CT molecular complexity index is 794. The van der Waals surface area contributed by atoms with E-state index >= 15 is 0 Å². The minimum Gasteiger partial charge on any atom is -0.350 e. The number of benzene rings is 1. The Hall–Kier alpha value is -2.51. The fourth-order valence-electron chi connectivity index (χ4n) is 3.47. The monoisotopic (exact) mass is 368 g/mol. The predicted octanol–water partition coefficient (Wildman–Crippen LogP) is 2.74. The number of nitrogens with two attached hydrogens (primary N) is 1. The Morgan fingerprint density at radius 3 is 2.78 bits per heavy atom. The average Bonchev–Trinajstić information content (AvgIpc) is 2.64. The van der Waals surface area contributed by atoms with Crippen LogP contribution in [0.4, 0.5) is 17.5 Å². The van der Waals surface area contributed by atoms with Crippen LogP contribution in [-0.4, -0.2) is 35.4 Å². The Kier molecular flexibility index (Phi) is 6.36. The molecule has 1 saturated carbocycles. The van der Waals surface area contributed by atoms with E-state index in [1.165, 1.54) is 0 Å². The van der Waals surface area contributed by atoms with Crippen molar-refractivity contribution in [2.45, 2.75) is 51.2 Å². The molecule has 3 rings (SSSR count). The summed E-state index contributed by atoms with van der Waals surface area (Å²) in [4.78, 5) is 20.9. The lowest BCUT2D eigenvalue weighted by Gasteiger charge is -2.29. The molecular weight excluding hydrogens is 340 g/mol. The zero-order chi connectivity index (χ0) is 19.2. The van der Waals surface area contributed by atoms with Crippen molar-refractivity contribution < 1.29 is 4.79 Å². The molecule has 0 saturated heterocycles. The summed E-state index contributed by atoms with van der Waals surface area (Å²) < 4.78 is 0. The SMILES string of the molecule is CNCc1nc(N[C@@H]2CCCC[C@@H]2N)nc(Nc2cccc(C)c2)c1C=O. The minimum absolute atomic E-state index is 0.0917. The molecule has 5 N–H and O–H groups in total. The second-order valence-electron chi connectivity index (χ2n) is 7.10. The molecule has 0 bridgehead atoms. The van der Waals surface area contributed by atoms with Crippen molar-refractivity contribution in [3.63, 3.8) is 0 Å². The van der Waals surface area contributed by atoms with Crippen molar-refractivity contribution in [1.82, 2.24) is 15.3 Å². The first-order valence-corrected chi connectivity index (χ1v) is 9.47. The van der Waals surface area contributed by atoms with Crippen LogP contribution in [0, 0.1) is 6.92 Å².